The highest BCUT2D eigenvalue weighted by molar-refractivity contribution is 7.16. The van der Waals surface area contributed by atoms with E-state index in [1.165, 1.54) is 19.6 Å². The van der Waals surface area contributed by atoms with Gasteiger partial charge in [-0.25, -0.2) is 15.0 Å². The second-order valence-electron chi connectivity index (χ2n) is 9.08. The Morgan fingerprint density at radius 2 is 1.97 bits per heavy atom. The Labute approximate surface area is 219 Å². The quantitative estimate of drug-likeness (QED) is 0.307. The van der Waals surface area contributed by atoms with Crippen molar-refractivity contribution in [1.82, 2.24) is 29.2 Å². The Bertz CT molecular complexity index is 1760. The molecule has 1 N–H and O–H groups in total. The molecular formula is C26H23F2N7O2S. The Morgan fingerprint density at radius 3 is 2.76 bits per heavy atom. The molecule has 1 aliphatic heterocycles. The van der Waals surface area contributed by atoms with Gasteiger partial charge in [0.15, 0.2) is 0 Å². The monoisotopic (exact) mass is 535 g/mol. The van der Waals surface area contributed by atoms with E-state index in [0.717, 1.165) is 45.7 Å². The van der Waals surface area contributed by atoms with Crippen molar-refractivity contribution >= 4 is 44.0 Å². The molecule has 0 amide bonds. The van der Waals surface area contributed by atoms with Crippen molar-refractivity contribution in [1.29, 1.82) is 0 Å². The van der Waals surface area contributed by atoms with Crippen LogP contribution in [0.25, 0.3) is 32.2 Å². The van der Waals surface area contributed by atoms with Crippen LogP contribution in [-0.4, -0.2) is 42.8 Å². The molecule has 0 unspecified atom stereocenters. The molecule has 0 atom stereocenters. The number of ether oxygens (including phenoxy) is 1. The topological polar surface area (TPSA) is 90.1 Å². The standard InChI is InChI=1S/C26H23F2N7O2S/c1-33-7-3-4-17(11-33)37-21-9-15(18-12-34(2)35(25(18)36)26(27)28)8-20-23(21)24(30-13-29-20)32-16-5-6-19-22(10-16)38-14-31-19/h5-6,8-14,26H,3-4,7H2,1-2H3,(H,29,30,32). The number of nitrogens with zero attached hydrogens (tertiary/aromatic N) is 6. The number of alkyl halides is 2. The van der Waals surface area contributed by atoms with Crippen molar-refractivity contribution in [3.05, 3.63) is 70.7 Å². The smallest absolute Gasteiger partial charge is 0.334 e. The normalized spacial score (nSPS) is 13.9. The number of halogens is 2. The summed E-state index contributed by atoms with van der Waals surface area (Å²) in [6.07, 6.45) is 6.40. The molecule has 6 rings (SSSR count). The van der Waals surface area contributed by atoms with E-state index < -0.39 is 12.1 Å². The first-order valence-electron chi connectivity index (χ1n) is 11.9. The zero-order valence-electron chi connectivity index (χ0n) is 20.6. The number of benzene rings is 2. The van der Waals surface area contributed by atoms with E-state index in [0.29, 0.717) is 32.7 Å². The van der Waals surface area contributed by atoms with E-state index in [4.69, 9.17) is 4.74 Å². The van der Waals surface area contributed by atoms with E-state index in [2.05, 4.69) is 20.3 Å². The van der Waals surface area contributed by atoms with Crippen LogP contribution < -0.4 is 15.6 Å². The van der Waals surface area contributed by atoms with Crippen molar-refractivity contribution in [2.75, 3.05) is 18.9 Å². The first-order valence-corrected chi connectivity index (χ1v) is 12.8. The molecule has 3 aromatic heterocycles. The molecule has 0 saturated carbocycles. The lowest BCUT2D eigenvalue weighted by atomic mass is 10.1. The summed E-state index contributed by atoms with van der Waals surface area (Å²) in [5.41, 5.74) is 3.78. The Kier molecular flexibility index (Phi) is 6.03. The molecule has 0 spiro atoms. The molecule has 5 aromatic rings. The minimum atomic E-state index is -2.96. The third-order valence-electron chi connectivity index (χ3n) is 6.43. The van der Waals surface area contributed by atoms with Crippen LogP contribution >= 0.6 is 11.3 Å². The van der Waals surface area contributed by atoms with Gasteiger partial charge in [-0.2, -0.15) is 13.5 Å². The van der Waals surface area contributed by atoms with Gasteiger partial charge in [0, 0.05) is 45.1 Å². The van der Waals surface area contributed by atoms with E-state index in [-0.39, 0.29) is 5.56 Å². The molecule has 0 radical (unpaired) electrons. The molecule has 2 aromatic carbocycles. The van der Waals surface area contributed by atoms with E-state index >= 15 is 0 Å². The summed E-state index contributed by atoms with van der Waals surface area (Å²) in [5.74, 6) is 1.69. The molecule has 0 fully saturated rings. The van der Waals surface area contributed by atoms with Crippen LogP contribution in [0.3, 0.4) is 0 Å². The number of fused-ring (bicyclic) bond motifs is 2. The lowest BCUT2D eigenvalue weighted by molar-refractivity contribution is 0.0416. The lowest BCUT2D eigenvalue weighted by Gasteiger charge is -2.23. The molecule has 0 bridgehead atoms. The predicted molar refractivity (Wildman–Crippen MR) is 143 cm³/mol. The van der Waals surface area contributed by atoms with Crippen LogP contribution in [0.4, 0.5) is 20.3 Å². The maximum absolute atomic E-state index is 13.5. The summed E-state index contributed by atoms with van der Waals surface area (Å²) in [4.78, 5) is 28.2. The van der Waals surface area contributed by atoms with Gasteiger partial charge in [-0.3, -0.25) is 9.48 Å². The number of nitrogens with one attached hydrogen (secondary N) is 1. The number of anilines is 2. The zero-order chi connectivity index (χ0) is 26.4. The van der Waals surface area contributed by atoms with Gasteiger partial charge in [-0.1, -0.05) is 0 Å². The molecule has 4 heterocycles. The van der Waals surface area contributed by atoms with Crippen molar-refractivity contribution < 1.29 is 13.5 Å². The van der Waals surface area contributed by atoms with Gasteiger partial charge in [-0.15, -0.1) is 11.3 Å². The summed E-state index contributed by atoms with van der Waals surface area (Å²) in [6.45, 7) is -2.05. The maximum atomic E-state index is 13.5. The fourth-order valence-electron chi connectivity index (χ4n) is 4.65. The average Bonchev–Trinajstić information content (AvgIpc) is 3.47. The summed E-state index contributed by atoms with van der Waals surface area (Å²) in [7, 11) is 3.38. The fraction of sp³-hybridized carbons (Fsp3) is 0.231. The number of aromatic nitrogens is 5. The Morgan fingerprint density at radius 1 is 1.11 bits per heavy atom. The van der Waals surface area contributed by atoms with Crippen LogP contribution in [0.1, 0.15) is 19.4 Å². The van der Waals surface area contributed by atoms with Crippen LogP contribution in [0.15, 0.2) is 65.1 Å². The average molecular weight is 536 g/mol. The van der Waals surface area contributed by atoms with Gasteiger partial charge in [-0.05, 0) is 42.3 Å². The first-order chi connectivity index (χ1) is 18.4. The Balaban J connectivity index is 1.51. The van der Waals surface area contributed by atoms with Gasteiger partial charge in [0.25, 0.3) is 5.56 Å². The summed E-state index contributed by atoms with van der Waals surface area (Å²) in [6, 6.07) is 9.21. The highest BCUT2D eigenvalue weighted by atomic mass is 32.1. The van der Waals surface area contributed by atoms with Crippen LogP contribution in [0, 0.1) is 0 Å². The minimum absolute atomic E-state index is 0.123. The Hall–Kier alpha value is -4.32. The van der Waals surface area contributed by atoms with Gasteiger partial charge < -0.3 is 15.0 Å². The molecule has 38 heavy (non-hydrogen) atoms. The number of aryl methyl sites for hydroxylation is 1. The summed E-state index contributed by atoms with van der Waals surface area (Å²) < 4.78 is 35.9. The molecule has 12 heteroatoms. The predicted octanol–water partition coefficient (Wildman–Crippen LogP) is 5.49. The second-order valence-corrected chi connectivity index (χ2v) is 9.96. The third-order valence-corrected chi connectivity index (χ3v) is 7.22. The van der Waals surface area contributed by atoms with Crippen molar-refractivity contribution in [3.63, 3.8) is 0 Å². The van der Waals surface area contributed by atoms with Crippen LogP contribution in [0.5, 0.6) is 5.75 Å². The molecule has 194 valence electrons. The summed E-state index contributed by atoms with van der Waals surface area (Å²) in [5, 5.41) is 3.97. The second kappa shape index (κ2) is 9.53. The minimum Gasteiger partial charge on any atom is -0.459 e. The number of thiazole rings is 1. The van der Waals surface area contributed by atoms with Crippen LogP contribution in [-0.2, 0) is 7.05 Å². The number of rotatable bonds is 6. The summed E-state index contributed by atoms with van der Waals surface area (Å²) >= 11 is 1.54. The van der Waals surface area contributed by atoms with Gasteiger partial charge >= 0.3 is 6.55 Å². The van der Waals surface area contributed by atoms with Crippen molar-refractivity contribution in [2.45, 2.75) is 19.4 Å². The van der Waals surface area contributed by atoms with E-state index in [1.54, 1.807) is 29.0 Å². The fourth-order valence-corrected chi connectivity index (χ4v) is 5.36. The van der Waals surface area contributed by atoms with E-state index in [9.17, 15) is 13.6 Å². The number of allylic oxidation sites excluding steroid dienone is 1. The number of hydrogen-bond acceptors (Lipinski definition) is 8. The van der Waals surface area contributed by atoms with E-state index in [1.807, 2.05) is 36.3 Å². The van der Waals surface area contributed by atoms with Gasteiger partial charge in [0.05, 0.1) is 32.2 Å². The SMILES string of the molecule is CN1C=C(Oc2cc(-c3cn(C)n(C(F)F)c3=O)cc3ncnc(Nc4ccc5ncsc5c4)c23)CCC1. The third kappa shape index (κ3) is 4.36. The van der Waals surface area contributed by atoms with Crippen LogP contribution in [0.2, 0.25) is 0 Å². The number of hydrogen-bond donors (Lipinski definition) is 1. The molecular weight excluding hydrogens is 512 g/mol. The van der Waals surface area contributed by atoms with Crippen molar-refractivity contribution in [3.8, 4) is 16.9 Å². The highest BCUT2D eigenvalue weighted by Crippen LogP contribution is 2.38. The molecule has 0 aliphatic carbocycles. The molecule has 1 aliphatic rings. The lowest BCUT2D eigenvalue weighted by Crippen LogP contribution is -2.22. The maximum Gasteiger partial charge on any atom is 0.334 e. The first kappa shape index (κ1) is 24.0. The highest BCUT2D eigenvalue weighted by Gasteiger charge is 2.21. The zero-order valence-corrected chi connectivity index (χ0v) is 21.4. The molecule has 0 saturated heterocycles. The largest absolute Gasteiger partial charge is 0.459 e. The van der Waals surface area contributed by atoms with Gasteiger partial charge in [0.1, 0.15) is 23.7 Å². The van der Waals surface area contributed by atoms with Crippen molar-refractivity contribution in [2.24, 2.45) is 7.05 Å². The molecule has 9 nitrogen and oxygen atoms in total. The van der Waals surface area contributed by atoms with Gasteiger partial charge in [0.2, 0.25) is 0 Å².